The Morgan fingerprint density at radius 2 is 1.82 bits per heavy atom. The van der Waals surface area contributed by atoms with E-state index < -0.39 is 17.1 Å². The third kappa shape index (κ3) is 1.95. The first-order chi connectivity index (χ1) is 10.2. The van der Waals surface area contributed by atoms with Gasteiger partial charge in [0.05, 0.1) is 17.7 Å². The number of nitrogens with zero attached hydrogens (tertiary/aromatic N) is 2. The van der Waals surface area contributed by atoms with E-state index in [0.717, 1.165) is 25.7 Å². The van der Waals surface area contributed by atoms with Gasteiger partial charge in [0.15, 0.2) is 11.4 Å². The molecule has 0 aromatic heterocycles. The molecule has 6 heteroatoms. The van der Waals surface area contributed by atoms with E-state index in [0.29, 0.717) is 6.42 Å². The Labute approximate surface area is 132 Å². The van der Waals surface area contributed by atoms with E-state index in [1.165, 1.54) is 5.06 Å². The second-order valence-electron chi connectivity index (χ2n) is 7.89. The maximum atomic E-state index is 11.0. The van der Waals surface area contributed by atoms with Crippen molar-refractivity contribution in [3.8, 4) is 0 Å². The summed E-state index contributed by atoms with van der Waals surface area (Å²) in [5.41, 5.74) is -1.54. The molecule has 0 amide bonds. The van der Waals surface area contributed by atoms with Crippen molar-refractivity contribution < 1.29 is 19.9 Å². The van der Waals surface area contributed by atoms with Crippen molar-refractivity contribution in [2.45, 2.75) is 88.9 Å². The van der Waals surface area contributed by atoms with Gasteiger partial charge < -0.3 is 15.1 Å². The summed E-state index contributed by atoms with van der Waals surface area (Å²) in [6.07, 6.45) is 4.46. The van der Waals surface area contributed by atoms with E-state index in [-0.39, 0.29) is 18.0 Å². The number of hydroxylamine groups is 4. The van der Waals surface area contributed by atoms with Crippen LogP contribution in [0, 0.1) is 5.92 Å². The molecule has 0 radical (unpaired) electrons. The van der Waals surface area contributed by atoms with E-state index in [9.17, 15) is 10.3 Å². The number of aliphatic hydroxyl groups is 1. The highest BCUT2D eigenvalue weighted by atomic mass is 16.8. The zero-order chi connectivity index (χ0) is 16.3. The van der Waals surface area contributed by atoms with Crippen LogP contribution in [0.5, 0.6) is 0 Å². The van der Waals surface area contributed by atoms with Gasteiger partial charge in [-0.15, -0.1) is 0 Å². The fourth-order valence-electron chi connectivity index (χ4n) is 4.39. The summed E-state index contributed by atoms with van der Waals surface area (Å²) in [4.78, 5) is 6.07. The molecule has 0 spiro atoms. The molecule has 0 aromatic carbocycles. The summed E-state index contributed by atoms with van der Waals surface area (Å²) in [7, 11) is 1.65. The highest BCUT2D eigenvalue weighted by Crippen LogP contribution is 2.56. The molecule has 0 aromatic rings. The fourth-order valence-corrected chi connectivity index (χ4v) is 4.39. The summed E-state index contributed by atoms with van der Waals surface area (Å²) in [6.45, 7) is 7.79. The number of ether oxygens (including phenoxy) is 1. The molecule has 2 heterocycles. The maximum Gasteiger partial charge on any atom is 0.191 e. The minimum absolute atomic E-state index is 0.0416. The monoisotopic (exact) mass is 314 g/mol. The summed E-state index contributed by atoms with van der Waals surface area (Å²) in [5, 5.41) is 25.3. The fraction of sp³-hybridized carbons (Fsp3) is 1.00. The van der Waals surface area contributed by atoms with Gasteiger partial charge in [0, 0.05) is 19.4 Å². The van der Waals surface area contributed by atoms with Crippen molar-refractivity contribution in [3.05, 3.63) is 0 Å². The second kappa shape index (κ2) is 5.13. The van der Waals surface area contributed by atoms with E-state index in [4.69, 9.17) is 9.57 Å². The summed E-state index contributed by atoms with van der Waals surface area (Å²) in [6, 6.07) is 0.140. The summed E-state index contributed by atoms with van der Waals surface area (Å²) in [5.74, 6) is -1.35. The summed E-state index contributed by atoms with van der Waals surface area (Å²) >= 11 is 0. The largest absolute Gasteiger partial charge is 0.375 e. The first-order valence-corrected chi connectivity index (χ1v) is 8.44. The number of hydrogen-bond donors (Lipinski definition) is 2. The van der Waals surface area contributed by atoms with Crippen molar-refractivity contribution in [1.82, 2.24) is 10.1 Å². The second-order valence-corrected chi connectivity index (χ2v) is 7.89. The molecular weight excluding hydrogens is 284 g/mol. The van der Waals surface area contributed by atoms with Gasteiger partial charge >= 0.3 is 0 Å². The number of hydrogen-bond acceptors (Lipinski definition) is 6. The van der Waals surface area contributed by atoms with Gasteiger partial charge in [-0.25, -0.2) is 0 Å². The lowest BCUT2D eigenvalue weighted by molar-refractivity contribution is -0.338. The van der Waals surface area contributed by atoms with Crippen LogP contribution >= 0.6 is 0 Å². The molecule has 1 saturated carbocycles. The van der Waals surface area contributed by atoms with E-state index in [1.807, 2.05) is 32.8 Å². The molecule has 3 aliphatic rings. The molecular formula is C16H30N2O4. The Morgan fingerprint density at radius 1 is 1.23 bits per heavy atom. The van der Waals surface area contributed by atoms with Crippen LogP contribution in [0.4, 0.5) is 0 Å². The van der Waals surface area contributed by atoms with Gasteiger partial charge in [-0.3, -0.25) is 4.84 Å². The zero-order valence-corrected chi connectivity index (χ0v) is 14.4. The first-order valence-electron chi connectivity index (χ1n) is 8.44. The van der Waals surface area contributed by atoms with Crippen molar-refractivity contribution >= 4 is 0 Å². The van der Waals surface area contributed by atoms with Crippen LogP contribution in [0.2, 0.25) is 0 Å². The van der Waals surface area contributed by atoms with Crippen LogP contribution in [0.25, 0.3) is 0 Å². The molecule has 3 rings (SSSR count). The molecule has 0 bridgehead atoms. The molecule has 6 nitrogen and oxygen atoms in total. The highest BCUT2D eigenvalue weighted by Gasteiger charge is 2.73. The van der Waals surface area contributed by atoms with Crippen LogP contribution in [-0.2, 0) is 9.57 Å². The third-order valence-corrected chi connectivity index (χ3v) is 6.19. The molecule has 128 valence electrons. The predicted octanol–water partition coefficient (Wildman–Crippen LogP) is 2.11. The molecule has 0 unspecified atom stereocenters. The lowest BCUT2D eigenvalue weighted by Crippen LogP contribution is -2.64. The highest BCUT2D eigenvalue weighted by molar-refractivity contribution is 5.14. The van der Waals surface area contributed by atoms with Crippen molar-refractivity contribution in [2.75, 3.05) is 7.11 Å². The van der Waals surface area contributed by atoms with Gasteiger partial charge in [0.25, 0.3) is 0 Å². The standard InChI is InChI=1S/C16H30N2O4/c1-11(2)15(19)10-16(14(3,4)21-5)17(20)12-8-6-7-9-13(12)18(16)22-15/h11-13,19-20H,6-10H2,1-5H3/t12-,13-,15+,16-/m0/s1. The number of rotatable bonds is 3. The average Bonchev–Trinajstić information content (AvgIpc) is 2.93. The molecule has 1 aliphatic carbocycles. The smallest absolute Gasteiger partial charge is 0.191 e. The molecule has 22 heavy (non-hydrogen) atoms. The Bertz CT molecular complexity index is 444. The number of methoxy groups -OCH3 is 1. The van der Waals surface area contributed by atoms with Gasteiger partial charge in [-0.2, -0.15) is 10.1 Å². The normalized spacial score (nSPS) is 43.6. The first kappa shape index (κ1) is 16.6. The van der Waals surface area contributed by atoms with Gasteiger partial charge in [-0.1, -0.05) is 26.7 Å². The summed E-state index contributed by atoms with van der Waals surface area (Å²) < 4.78 is 5.74. The van der Waals surface area contributed by atoms with Gasteiger partial charge in [0.1, 0.15) is 0 Å². The molecule has 2 aliphatic heterocycles. The van der Waals surface area contributed by atoms with Crippen LogP contribution < -0.4 is 0 Å². The quantitative estimate of drug-likeness (QED) is 0.832. The average molecular weight is 314 g/mol. The Balaban J connectivity index is 2.07. The van der Waals surface area contributed by atoms with Crippen LogP contribution in [-0.4, -0.2) is 56.7 Å². The molecule has 2 saturated heterocycles. The molecule has 3 fully saturated rings. The van der Waals surface area contributed by atoms with E-state index >= 15 is 0 Å². The van der Waals surface area contributed by atoms with Crippen LogP contribution in [0.1, 0.15) is 59.8 Å². The Hall–Kier alpha value is -0.240. The van der Waals surface area contributed by atoms with Crippen molar-refractivity contribution in [1.29, 1.82) is 0 Å². The lowest BCUT2D eigenvalue weighted by Gasteiger charge is -2.46. The van der Waals surface area contributed by atoms with Crippen LogP contribution in [0.15, 0.2) is 0 Å². The predicted molar refractivity (Wildman–Crippen MR) is 80.8 cm³/mol. The molecule has 2 N–H and O–H groups in total. The van der Waals surface area contributed by atoms with E-state index in [1.54, 1.807) is 7.11 Å². The lowest BCUT2D eigenvalue weighted by atomic mass is 9.82. The van der Waals surface area contributed by atoms with E-state index in [2.05, 4.69) is 0 Å². The van der Waals surface area contributed by atoms with Crippen molar-refractivity contribution in [3.63, 3.8) is 0 Å². The van der Waals surface area contributed by atoms with Gasteiger partial charge in [0.2, 0.25) is 0 Å². The van der Waals surface area contributed by atoms with Gasteiger partial charge in [-0.05, 0) is 26.7 Å². The SMILES string of the molecule is COC(C)(C)[C@]12C[C@](O)(C(C)C)ON1[C@H]1CCCC[C@@H]1N2O. The topological polar surface area (TPSA) is 65.4 Å². The number of fused-ring (bicyclic) bond motifs is 3. The zero-order valence-electron chi connectivity index (χ0n) is 14.4. The maximum absolute atomic E-state index is 11.0. The Morgan fingerprint density at radius 3 is 2.36 bits per heavy atom. The Kier molecular flexibility index (Phi) is 3.87. The minimum atomic E-state index is -1.28. The van der Waals surface area contributed by atoms with Crippen molar-refractivity contribution in [2.24, 2.45) is 5.92 Å². The third-order valence-electron chi connectivity index (χ3n) is 6.19. The van der Waals surface area contributed by atoms with Crippen LogP contribution in [0.3, 0.4) is 0 Å². The minimum Gasteiger partial charge on any atom is -0.375 e. The molecule has 4 atom stereocenters.